The fourth-order valence-corrected chi connectivity index (χ4v) is 4.29. The zero-order valence-corrected chi connectivity index (χ0v) is 18.6. The predicted octanol–water partition coefficient (Wildman–Crippen LogP) is 3.52. The summed E-state index contributed by atoms with van der Waals surface area (Å²) in [5, 5.41) is 2.74. The van der Waals surface area contributed by atoms with Crippen molar-refractivity contribution in [2.75, 3.05) is 17.1 Å². The first-order valence-corrected chi connectivity index (χ1v) is 11.7. The van der Waals surface area contributed by atoms with E-state index in [1.807, 2.05) is 38.1 Å². The first-order chi connectivity index (χ1) is 14.1. The van der Waals surface area contributed by atoms with Crippen LogP contribution in [0.5, 0.6) is 5.75 Å². The molecule has 0 aliphatic rings. The van der Waals surface area contributed by atoms with E-state index in [9.17, 15) is 17.6 Å². The first-order valence-electron chi connectivity index (χ1n) is 9.87. The molecule has 1 atom stereocenters. The molecule has 0 bridgehead atoms. The van der Waals surface area contributed by atoms with Gasteiger partial charge < -0.3 is 10.1 Å². The van der Waals surface area contributed by atoms with Crippen LogP contribution in [0.4, 0.5) is 10.1 Å². The van der Waals surface area contributed by atoms with E-state index < -0.39 is 27.8 Å². The van der Waals surface area contributed by atoms with Gasteiger partial charge in [0.25, 0.3) is 0 Å². The number of rotatable bonds is 10. The Hall–Kier alpha value is -2.61. The topological polar surface area (TPSA) is 75.7 Å². The van der Waals surface area contributed by atoms with Crippen molar-refractivity contribution in [3.05, 3.63) is 59.9 Å². The van der Waals surface area contributed by atoms with Crippen LogP contribution in [0.2, 0.25) is 0 Å². The number of nitrogens with one attached hydrogen (secondary N) is 1. The van der Waals surface area contributed by atoms with Crippen molar-refractivity contribution in [1.29, 1.82) is 0 Å². The second kappa shape index (κ2) is 10.4. The Morgan fingerprint density at radius 1 is 1.13 bits per heavy atom. The standard InChI is InChI=1S/C22H29FN2O4S/c1-16(2)29-19-11-7-9-18(15-19)10-8-14-24-22(26)17(3)25(30(4,27)28)21-13-6-5-12-20(21)23/h5-7,9,11-13,15-17H,8,10,14H2,1-4H3,(H,24,26). The smallest absolute Gasteiger partial charge is 0.243 e. The van der Waals surface area contributed by atoms with E-state index >= 15 is 0 Å². The number of nitrogens with zero attached hydrogens (tertiary/aromatic N) is 1. The van der Waals surface area contributed by atoms with Gasteiger partial charge in [-0.2, -0.15) is 0 Å². The van der Waals surface area contributed by atoms with Crippen LogP contribution in [0.25, 0.3) is 0 Å². The number of carbonyl (C=O) groups is 1. The Kier molecular flexibility index (Phi) is 8.23. The molecule has 0 aliphatic heterocycles. The van der Waals surface area contributed by atoms with Crippen molar-refractivity contribution in [3.63, 3.8) is 0 Å². The molecule has 2 rings (SSSR count). The number of carbonyl (C=O) groups excluding carboxylic acids is 1. The number of hydrogen-bond donors (Lipinski definition) is 1. The van der Waals surface area contributed by atoms with Crippen LogP contribution in [-0.2, 0) is 21.2 Å². The summed E-state index contributed by atoms with van der Waals surface area (Å²) < 4.78 is 45.1. The molecular weight excluding hydrogens is 407 g/mol. The molecule has 30 heavy (non-hydrogen) atoms. The lowest BCUT2D eigenvalue weighted by Crippen LogP contribution is -2.48. The number of aryl methyl sites for hydroxylation is 1. The number of benzene rings is 2. The molecule has 0 radical (unpaired) electrons. The van der Waals surface area contributed by atoms with Crippen LogP contribution in [-0.4, -0.2) is 39.3 Å². The van der Waals surface area contributed by atoms with E-state index in [0.717, 1.165) is 34.4 Å². The minimum Gasteiger partial charge on any atom is -0.491 e. The van der Waals surface area contributed by atoms with Gasteiger partial charge in [0.15, 0.2) is 0 Å². The van der Waals surface area contributed by atoms with E-state index in [4.69, 9.17) is 4.74 Å². The summed E-state index contributed by atoms with van der Waals surface area (Å²) in [4.78, 5) is 12.5. The average Bonchev–Trinajstić information content (AvgIpc) is 2.65. The van der Waals surface area contributed by atoms with Crippen LogP contribution in [0.15, 0.2) is 48.5 Å². The average molecular weight is 437 g/mol. The highest BCUT2D eigenvalue weighted by atomic mass is 32.2. The van der Waals surface area contributed by atoms with Crippen molar-refractivity contribution < 1.29 is 22.3 Å². The molecule has 0 saturated heterocycles. The zero-order valence-electron chi connectivity index (χ0n) is 17.8. The van der Waals surface area contributed by atoms with Crippen molar-refractivity contribution in [2.45, 2.75) is 45.8 Å². The van der Waals surface area contributed by atoms with Crippen molar-refractivity contribution in [3.8, 4) is 5.75 Å². The molecule has 0 heterocycles. The van der Waals surface area contributed by atoms with Gasteiger partial charge in [0.1, 0.15) is 17.6 Å². The highest BCUT2D eigenvalue weighted by Crippen LogP contribution is 2.24. The van der Waals surface area contributed by atoms with Gasteiger partial charge in [-0.15, -0.1) is 0 Å². The molecule has 1 amide bonds. The lowest BCUT2D eigenvalue weighted by molar-refractivity contribution is -0.121. The molecule has 2 aromatic rings. The van der Waals surface area contributed by atoms with E-state index in [1.165, 1.54) is 25.1 Å². The Morgan fingerprint density at radius 2 is 1.83 bits per heavy atom. The summed E-state index contributed by atoms with van der Waals surface area (Å²) in [6.07, 6.45) is 2.44. The molecule has 164 valence electrons. The predicted molar refractivity (Wildman–Crippen MR) is 117 cm³/mol. The van der Waals surface area contributed by atoms with Gasteiger partial charge in [-0.25, -0.2) is 12.8 Å². The summed E-state index contributed by atoms with van der Waals surface area (Å²) in [5.74, 6) is -0.388. The van der Waals surface area contributed by atoms with Crippen LogP contribution in [0, 0.1) is 5.82 Å². The number of sulfonamides is 1. The van der Waals surface area contributed by atoms with E-state index in [0.29, 0.717) is 13.0 Å². The minimum atomic E-state index is -3.85. The van der Waals surface area contributed by atoms with Crippen LogP contribution >= 0.6 is 0 Å². The van der Waals surface area contributed by atoms with E-state index in [2.05, 4.69) is 5.32 Å². The van der Waals surface area contributed by atoms with Gasteiger partial charge in [0, 0.05) is 6.54 Å². The van der Waals surface area contributed by atoms with Gasteiger partial charge in [0.2, 0.25) is 15.9 Å². The number of amides is 1. The number of ether oxygens (including phenoxy) is 1. The van der Waals surface area contributed by atoms with Crippen molar-refractivity contribution in [2.24, 2.45) is 0 Å². The van der Waals surface area contributed by atoms with Gasteiger partial charge in [-0.1, -0.05) is 24.3 Å². The lowest BCUT2D eigenvalue weighted by atomic mass is 10.1. The number of anilines is 1. The quantitative estimate of drug-likeness (QED) is 0.578. The molecule has 0 aliphatic carbocycles. The van der Waals surface area contributed by atoms with Crippen LogP contribution < -0.4 is 14.4 Å². The second-order valence-electron chi connectivity index (χ2n) is 7.39. The highest BCUT2D eigenvalue weighted by molar-refractivity contribution is 7.92. The van der Waals surface area contributed by atoms with Gasteiger partial charge >= 0.3 is 0 Å². The van der Waals surface area contributed by atoms with Crippen LogP contribution in [0.1, 0.15) is 32.8 Å². The maximum Gasteiger partial charge on any atom is 0.243 e. The number of para-hydroxylation sites is 1. The molecule has 2 aromatic carbocycles. The van der Waals surface area contributed by atoms with Gasteiger partial charge in [-0.3, -0.25) is 9.10 Å². The number of hydrogen-bond acceptors (Lipinski definition) is 4. The first kappa shape index (κ1) is 23.7. The molecule has 1 unspecified atom stereocenters. The third-order valence-electron chi connectivity index (χ3n) is 4.39. The van der Waals surface area contributed by atoms with Gasteiger partial charge in [-0.05, 0) is 63.4 Å². The Balaban J connectivity index is 1.96. The lowest BCUT2D eigenvalue weighted by Gasteiger charge is -2.28. The fourth-order valence-electron chi connectivity index (χ4n) is 3.11. The molecule has 0 saturated carbocycles. The molecule has 6 nitrogen and oxygen atoms in total. The van der Waals surface area contributed by atoms with Crippen molar-refractivity contribution >= 4 is 21.6 Å². The largest absolute Gasteiger partial charge is 0.491 e. The van der Waals surface area contributed by atoms with E-state index in [-0.39, 0.29) is 11.8 Å². The third-order valence-corrected chi connectivity index (χ3v) is 5.62. The normalized spacial score (nSPS) is 12.5. The maximum absolute atomic E-state index is 14.2. The molecular formula is C22H29FN2O4S. The Bertz CT molecular complexity index is 963. The highest BCUT2D eigenvalue weighted by Gasteiger charge is 2.30. The summed E-state index contributed by atoms with van der Waals surface area (Å²) in [5.41, 5.74) is 0.934. The Labute approximate surface area is 178 Å². The van der Waals surface area contributed by atoms with Crippen molar-refractivity contribution in [1.82, 2.24) is 5.32 Å². The molecule has 1 N–H and O–H groups in total. The summed E-state index contributed by atoms with van der Waals surface area (Å²) in [6, 6.07) is 12.2. The zero-order chi connectivity index (χ0) is 22.3. The maximum atomic E-state index is 14.2. The molecule has 8 heteroatoms. The third kappa shape index (κ3) is 6.73. The molecule has 0 aromatic heterocycles. The molecule has 0 spiro atoms. The van der Waals surface area contributed by atoms with Crippen LogP contribution in [0.3, 0.4) is 0 Å². The number of halogens is 1. The Morgan fingerprint density at radius 3 is 2.47 bits per heavy atom. The fraction of sp³-hybridized carbons (Fsp3) is 0.409. The molecule has 0 fully saturated rings. The minimum absolute atomic E-state index is 0.0910. The van der Waals surface area contributed by atoms with Gasteiger partial charge in [0.05, 0.1) is 18.0 Å². The summed E-state index contributed by atoms with van der Waals surface area (Å²) >= 11 is 0. The monoisotopic (exact) mass is 436 g/mol. The summed E-state index contributed by atoms with van der Waals surface area (Å²) in [6.45, 7) is 5.73. The van der Waals surface area contributed by atoms with E-state index in [1.54, 1.807) is 0 Å². The second-order valence-corrected chi connectivity index (χ2v) is 9.25. The summed E-state index contributed by atoms with van der Waals surface area (Å²) in [7, 11) is -3.85. The SMILES string of the molecule is CC(C)Oc1cccc(CCCNC(=O)C(C)N(c2ccccc2F)S(C)(=O)=O)c1.